The zero-order valence-electron chi connectivity index (χ0n) is 13.1. The number of amides is 1. The molecule has 1 atom stereocenters. The van der Waals surface area contributed by atoms with Gasteiger partial charge in [0.2, 0.25) is 5.91 Å². The van der Waals surface area contributed by atoms with Crippen LogP contribution in [-0.2, 0) is 11.3 Å². The monoisotopic (exact) mass is 290 g/mol. The molecule has 1 aliphatic carbocycles. The van der Waals surface area contributed by atoms with Gasteiger partial charge >= 0.3 is 0 Å². The maximum atomic E-state index is 12.4. The molecule has 2 aliphatic rings. The highest BCUT2D eigenvalue weighted by Crippen LogP contribution is 2.46. The van der Waals surface area contributed by atoms with E-state index in [1.165, 1.54) is 25.7 Å². The van der Waals surface area contributed by atoms with Crippen LogP contribution in [-0.4, -0.2) is 46.5 Å². The first-order valence-electron chi connectivity index (χ1n) is 8.05. The number of nitrogens with one attached hydrogen (secondary N) is 1. The van der Waals surface area contributed by atoms with Crippen molar-refractivity contribution in [1.29, 1.82) is 0 Å². The molecule has 1 saturated carbocycles. The van der Waals surface area contributed by atoms with Gasteiger partial charge in [-0.05, 0) is 46.2 Å². The SMILES string of the molecule is Cc1nccn1CC1(CNC(=O)[C@@H]2CCCCN2C)CC1. The second-order valence-electron chi connectivity index (χ2n) is 6.81. The number of likely N-dealkylation sites (tertiary alicyclic amines) is 1. The van der Waals surface area contributed by atoms with Crippen LogP contribution in [0.25, 0.3) is 0 Å². The van der Waals surface area contributed by atoms with Gasteiger partial charge in [0.1, 0.15) is 5.82 Å². The summed E-state index contributed by atoms with van der Waals surface area (Å²) in [6, 6.07) is 0.0736. The second-order valence-corrected chi connectivity index (χ2v) is 6.81. The summed E-state index contributed by atoms with van der Waals surface area (Å²) in [6.45, 7) is 4.84. The zero-order valence-corrected chi connectivity index (χ0v) is 13.1. The lowest BCUT2D eigenvalue weighted by Crippen LogP contribution is -2.48. The van der Waals surface area contributed by atoms with Crippen LogP contribution in [0.1, 0.15) is 37.9 Å². The number of aryl methyl sites for hydroxylation is 1. The molecule has 1 saturated heterocycles. The fraction of sp³-hybridized carbons (Fsp3) is 0.750. The largest absolute Gasteiger partial charge is 0.354 e. The van der Waals surface area contributed by atoms with Crippen LogP contribution < -0.4 is 5.32 Å². The Morgan fingerprint density at radius 2 is 2.29 bits per heavy atom. The molecule has 3 rings (SSSR count). The smallest absolute Gasteiger partial charge is 0.237 e. The van der Waals surface area contributed by atoms with E-state index in [1.54, 1.807) is 0 Å². The molecule has 1 amide bonds. The van der Waals surface area contributed by atoms with Crippen molar-refractivity contribution in [3.63, 3.8) is 0 Å². The number of nitrogens with zero attached hydrogens (tertiary/aromatic N) is 3. The number of aromatic nitrogens is 2. The first kappa shape index (κ1) is 14.6. The third kappa shape index (κ3) is 3.28. The first-order chi connectivity index (χ1) is 10.1. The molecule has 116 valence electrons. The Bertz CT molecular complexity index is 506. The van der Waals surface area contributed by atoms with Crippen LogP contribution in [0.5, 0.6) is 0 Å². The van der Waals surface area contributed by atoms with Crippen molar-refractivity contribution < 1.29 is 4.79 Å². The minimum Gasteiger partial charge on any atom is -0.354 e. The van der Waals surface area contributed by atoms with E-state index in [2.05, 4.69) is 26.8 Å². The topological polar surface area (TPSA) is 50.2 Å². The normalized spacial score (nSPS) is 24.8. The lowest BCUT2D eigenvalue weighted by atomic mass is 10.0. The molecule has 1 N–H and O–H groups in total. The van der Waals surface area contributed by atoms with E-state index >= 15 is 0 Å². The van der Waals surface area contributed by atoms with Gasteiger partial charge in [-0.2, -0.15) is 0 Å². The van der Waals surface area contributed by atoms with E-state index in [9.17, 15) is 4.79 Å². The van der Waals surface area contributed by atoms with E-state index in [4.69, 9.17) is 0 Å². The molecular formula is C16H26N4O. The van der Waals surface area contributed by atoms with Gasteiger partial charge in [0, 0.05) is 30.9 Å². The third-order valence-corrected chi connectivity index (χ3v) is 5.10. The molecule has 1 aromatic rings. The summed E-state index contributed by atoms with van der Waals surface area (Å²) in [7, 11) is 2.06. The first-order valence-corrected chi connectivity index (χ1v) is 8.05. The second kappa shape index (κ2) is 5.79. The average Bonchev–Trinajstić information content (AvgIpc) is 3.13. The quantitative estimate of drug-likeness (QED) is 0.895. The number of rotatable bonds is 5. The number of carbonyl (C=O) groups excluding carboxylic acids is 1. The summed E-state index contributed by atoms with van der Waals surface area (Å²) in [5.74, 6) is 1.27. The molecule has 1 aromatic heterocycles. The van der Waals surface area contributed by atoms with Crippen LogP contribution in [0.4, 0.5) is 0 Å². The zero-order chi connectivity index (χ0) is 14.9. The molecule has 2 fully saturated rings. The fourth-order valence-corrected chi connectivity index (χ4v) is 3.30. The Balaban J connectivity index is 1.52. The Morgan fingerprint density at radius 3 is 2.90 bits per heavy atom. The van der Waals surface area contributed by atoms with Gasteiger partial charge in [-0.15, -0.1) is 0 Å². The average molecular weight is 290 g/mol. The molecule has 0 bridgehead atoms. The van der Waals surface area contributed by atoms with E-state index in [-0.39, 0.29) is 17.4 Å². The van der Waals surface area contributed by atoms with Crippen molar-refractivity contribution in [2.45, 2.75) is 51.6 Å². The molecule has 0 spiro atoms. The molecule has 21 heavy (non-hydrogen) atoms. The summed E-state index contributed by atoms with van der Waals surface area (Å²) < 4.78 is 2.20. The molecule has 0 unspecified atom stereocenters. The lowest BCUT2D eigenvalue weighted by molar-refractivity contribution is -0.127. The van der Waals surface area contributed by atoms with Gasteiger partial charge in [0.15, 0.2) is 0 Å². The van der Waals surface area contributed by atoms with Crippen molar-refractivity contribution in [3.8, 4) is 0 Å². The lowest BCUT2D eigenvalue weighted by Gasteiger charge is -2.31. The molecule has 2 heterocycles. The van der Waals surface area contributed by atoms with E-state index in [0.29, 0.717) is 0 Å². The van der Waals surface area contributed by atoms with Gasteiger partial charge in [0.25, 0.3) is 0 Å². The maximum absolute atomic E-state index is 12.4. The van der Waals surface area contributed by atoms with E-state index in [0.717, 1.165) is 31.9 Å². The Kier molecular flexibility index (Phi) is 4.02. The number of hydrogen-bond acceptors (Lipinski definition) is 3. The number of likely N-dealkylation sites (N-methyl/N-ethyl adjacent to an activating group) is 1. The van der Waals surface area contributed by atoms with Crippen molar-refractivity contribution in [1.82, 2.24) is 19.8 Å². The number of piperidine rings is 1. The van der Waals surface area contributed by atoms with Crippen molar-refractivity contribution in [2.24, 2.45) is 5.41 Å². The molecule has 5 heteroatoms. The standard InChI is InChI=1S/C16H26N4O/c1-13-17-8-10-20(13)12-16(6-7-16)11-18-15(21)14-5-3-4-9-19(14)2/h8,10,14H,3-7,9,11-12H2,1-2H3,(H,18,21)/t14-/m0/s1. The summed E-state index contributed by atoms with van der Waals surface area (Å²) in [4.78, 5) is 18.8. The van der Waals surface area contributed by atoms with Gasteiger partial charge in [-0.1, -0.05) is 6.42 Å². The maximum Gasteiger partial charge on any atom is 0.237 e. The van der Waals surface area contributed by atoms with Gasteiger partial charge in [0.05, 0.1) is 6.04 Å². The molecule has 0 aromatic carbocycles. The van der Waals surface area contributed by atoms with Gasteiger partial charge < -0.3 is 9.88 Å². The van der Waals surface area contributed by atoms with Crippen molar-refractivity contribution in [3.05, 3.63) is 18.2 Å². The minimum absolute atomic E-state index is 0.0736. The van der Waals surface area contributed by atoms with Crippen LogP contribution >= 0.6 is 0 Å². The summed E-state index contributed by atoms with van der Waals surface area (Å²) >= 11 is 0. The summed E-state index contributed by atoms with van der Waals surface area (Å²) in [5.41, 5.74) is 0.258. The van der Waals surface area contributed by atoms with Crippen molar-refractivity contribution >= 4 is 5.91 Å². The highest BCUT2D eigenvalue weighted by Gasteiger charge is 2.43. The molecule has 0 radical (unpaired) electrons. The highest BCUT2D eigenvalue weighted by atomic mass is 16.2. The van der Waals surface area contributed by atoms with E-state index < -0.39 is 0 Å². The Hall–Kier alpha value is -1.36. The van der Waals surface area contributed by atoms with Gasteiger partial charge in [-0.25, -0.2) is 4.98 Å². The Morgan fingerprint density at radius 1 is 1.48 bits per heavy atom. The summed E-state index contributed by atoms with van der Waals surface area (Å²) in [5, 5.41) is 3.20. The summed E-state index contributed by atoms with van der Waals surface area (Å²) in [6.07, 6.45) is 9.66. The van der Waals surface area contributed by atoms with Crippen LogP contribution in [0, 0.1) is 12.3 Å². The molecular weight excluding hydrogens is 264 g/mol. The number of imidazole rings is 1. The van der Waals surface area contributed by atoms with Crippen LogP contribution in [0.15, 0.2) is 12.4 Å². The highest BCUT2D eigenvalue weighted by molar-refractivity contribution is 5.81. The predicted molar refractivity (Wildman–Crippen MR) is 81.9 cm³/mol. The number of carbonyl (C=O) groups is 1. The number of hydrogen-bond donors (Lipinski definition) is 1. The minimum atomic E-state index is 0.0736. The fourth-order valence-electron chi connectivity index (χ4n) is 3.30. The third-order valence-electron chi connectivity index (χ3n) is 5.10. The molecule has 1 aliphatic heterocycles. The molecule has 5 nitrogen and oxygen atoms in total. The Labute approximate surface area is 126 Å². The van der Waals surface area contributed by atoms with Gasteiger partial charge in [-0.3, -0.25) is 9.69 Å². The van der Waals surface area contributed by atoms with E-state index in [1.807, 2.05) is 19.3 Å². The predicted octanol–water partition coefficient (Wildman–Crippen LogP) is 1.57. The van der Waals surface area contributed by atoms with Crippen LogP contribution in [0.3, 0.4) is 0 Å². The van der Waals surface area contributed by atoms with Crippen molar-refractivity contribution in [2.75, 3.05) is 20.1 Å². The van der Waals surface area contributed by atoms with Crippen LogP contribution in [0.2, 0.25) is 0 Å².